The lowest BCUT2D eigenvalue weighted by molar-refractivity contribution is -0.132. The van der Waals surface area contributed by atoms with Gasteiger partial charge in [-0.1, -0.05) is 36.1 Å². The number of hydrogen-bond donors (Lipinski definition) is 3. The number of likely N-dealkylation sites (N-methyl/N-ethyl adjacent to an activating group) is 1. The van der Waals surface area contributed by atoms with E-state index in [1.54, 1.807) is 54.6 Å². The summed E-state index contributed by atoms with van der Waals surface area (Å²) in [7, 11) is 2.08. The normalized spacial score (nSPS) is 13.0. The molecule has 0 spiro atoms. The van der Waals surface area contributed by atoms with Crippen LogP contribution in [0.2, 0.25) is 0 Å². The molecule has 1 fully saturated rings. The van der Waals surface area contributed by atoms with Gasteiger partial charge < -0.3 is 30.3 Å². The number of carbonyl (C=O) groups excluding carboxylic acids is 3. The highest BCUT2D eigenvalue weighted by Gasteiger charge is 2.18. The zero-order valence-electron chi connectivity index (χ0n) is 25.2. The number of ether oxygens (including phenoxy) is 1. The number of aliphatic hydroxyl groups is 1. The molecular formula is C35H40N4O5. The number of hydrogen-bond acceptors (Lipinski definition) is 6. The Hall–Kier alpha value is -4.65. The van der Waals surface area contributed by atoms with E-state index in [9.17, 15) is 14.4 Å². The monoisotopic (exact) mass is 596 g/mol. The highest BCUT2D eigenvalue weighted by molar-refractivity contribution is 6.07. The summed E-state index contributed by atoms with van der Waals surface area (Å²) in [5.41, 5.74) is 2.54. The Morgan fingerprint density at radius 2 is 1.57 bits per heavy atom. The molecule has 1 heterocycles. The maximum Gasteiger partial charge on any atom is 0.256 e. The lowest BCUT2D eigenvalue weighted by atomic mass is 10.1. The van der Waals surface area contributed by atoms with Crippen LogP contribution in [0.25, 0.3) is 0 Å². The highest BCUT2D eigenvalue weighted by Crippen LogP contribution is 2.25. The smallest absolute Gasteiger partial charge is 0.256 e. The first-order valence-corrected chi connectivity index (χ1v) is 15.0. The van der Waals surface area contributed by atoms with Gasteiger partial charge in [0.2, 0.25) is 5.91 Å². The van der Waals surface area contributed by atoms with E-state index in [1.165, 1.54) is 0 Å². The molecule has 1 saturated heterocycles. The molecule has 0 saturated carbocycles. The fraction of sp³-hybridized carbons (Fsp3) is 0.343. The molecule has 0 bridgehead atoms. The number of amides is 3. The van der Waals surface area contributed by atoms with Crippen LogP contribution < -0.4 is 15.4 Å². The summed E-state index contributed by atoms with van der Waals surface area (Å²) in [6.45, 7) is 3.92. The van der Waals surface area contributed by atoms with Crippen molar-refractivity contribution in [1.29, 1.82) is 0 Å². The number of piperazine rings is 1. The van der Waals surface area contributed by atoms with E-state index in [2.05, 4.69) is 34.4 Å². The number of nitrogens with one attached hydrogen (secondary N) is 2. The number of anilines is 2. The Morgan fingerprint density at radius 1 is 0.841 bits per heavy atom. The zero-order chi connectivity index (χ0) is 31.1. The topological polar surface area (TPSA) is 111 Å². The third kappa shape index (κ3) is 9.69. The van der Waals surface area contributed by atoms with Crippen LogP contribution in [-0.2, 0) is 4.79 Å². The van der Waals surface area contributed by atoms with Crippen LogP contribution >= 0.6 is 0 Å². The van der Waals surface area contributed by atoms with Crippen LogP contribution in [0.1, 0.15) is 58.4 Å². The molecular weight excluding hydrogens is 556 g/mol. The molecule has 1 aliphatic rings. The summed E-state index contributed by atoms with van der Waals surface area (Å²) in [4.78, 5) is 42.5. The van der Waals surface area contributed by atoms with Crippen molar-refractivity contribution in [1.82, 2.24) is 9.80 Å². The fourth-order valence-corrected chi connectivity index (χ4v) is 4.75. The molecule has 0 atom stereocenters. The van der Waals surface area contributed by atoms with E-state index in [0.717, 1.165) is 45.4 Å². The van der Waals surface area contributed by atoms with Gasteiger partial charge in [0.25, 0.3) is 11.8 Å². The Kier molecular flexibility index (Phi) is 12.4. The van der Waals surface area contributed by atoms with Gasteiger partial charge in [-0.15, -0.1) is 0 Å². The van der Waals surface area contributed by atoms with Gasteiger partial charge in [-0.3, -0.25) is 14.4 Å². The lowest BCUT2D eigenvalue weighted by Gasteiger charge is -2.32. The summed E-state index contributed by atoms with van der Waals surface area (Å²) in [6, 6.07) is 20.9. The van der Waals surface area contributed by atoms with Gasteiger partial charge in [0.15, 0.2) is 0 Å². The molecule has 0 aromatic heterocycles. The minimum Gasteiger partial charge on any atom is -0.491 e. The molecule has 3 N–H and O–H groups in total. The van der Waals surface area contributed by atoms with E-state index in [-0.39, 0.29) is 24.3 Å². The summed E-state index contributed by atoms with van der Waals surface area (Å²) in [5.74, 6) is 5.96. The Bertz CT molecular complexity index is 1470. The average molecular weight is 597 g/mol. The van der Waals surface area contributed by atoms with Crippen molar-refractivity contribution in [3.05, 3.63) is 89.5 Å². The number of benzene rings is 3. The third-order valence-corrected chi connectivity index (χ3v) is 7.32. The molecule has 4 rings (SSSR count). The van der Waals surface area contributed by atoms with Crippen LogP contribution in [-0.4, -0.2) is 79.1 Å². The molecule has 9 heteroatoms. The first-order chi connectivity index (χ1) is 21.4. The second-order valence-corrected chi connectivity index (χ2v) is 10.6. The summed E-state index contributed by atoms with van der Waals surface area (Å²) < 4.78 is 5.97. The second-order valence-electron chi connectivity index (χ2n) is 10.6. The van der Waals surface area contributed by atoms with E-state index in [1.807, 2.05) is 23.1 Å². The predicted molar refractivity (Wildman–Crippen MR) is 172 cm³/mol. The van der Waals surface area contributed by atoms with Gasteiger partial charge in [-0.05, 0) is 74.8 Å². The minimum absolute atomic E-state index is 0.0399. The van der Waals surface area contributed by atoms with Crippen molar-refractivity contribution in [2.75, 3.05) is 57.1 Å². The van der Waals surface area contributed by atoms with E-state index >= 15 is 0 Å². The molecule has 0 unspecified atom stereocenters. The molecule has 44 heavy (non-hydrogen) atoms. The first kappa shape index (κ1) is 32.3. The number of rotatable bonds is 12. The first-order valence-electron chi connectivity index (χ1n) is 15.0. The van der Waals surface area contributed by atoms with Gasteiger partial charge in [0, 0.05) is 55.8 Å². The lowest BCUT2D eigenvalue weighted by Crippen LogP contribution is -2.47. The van der Waals surface area contributed by atoms with Crippen molar-refractivity contribution in [2.45, 2.75) is 32.1 Å². The third-order valence-electron chi connectivity index (χ3n) is 7.32. The van der Waals surface area contributed by atoms with Crippen molar-refractivity contribution in [2.24, 2.45) is 0 Å². The summed E-state index contributed by atoms with van der Waals surface area (Å²) in [5, 5.41) is 14.7. The average Bonchev–Trinajstić information content (AvgIpc) is 3.04. The molecule has 9 nitrogen and oxygen atoms in total. The van der Waals surface area contributed by atoms with Crippen molar-refractivity contribution in [3.63, 3.8) is 0 Å². The number of unbranched alkanes of at least 4 members (excludes halogenated alkanes) is 2. The Balaban J connectivity index is 1.24. The second kappa shape index (κ2) is 16.8. The van der Waals surface area contributed by atoms with Gasteiger partial charge in [0.05, 0.1) is 24.5 Å². The SMILES string of the molecule is CN1CCN(C(=O)CCCCCOc2ccccc2NC(=O)c2ccc(NC(=O)c3ccccc3C#CCCO)cc2)CC1. The Morgan fingerprint density at radius 3 is 2.34 bits per heavy atom. The van der Waals surface area contributed by atoms with Crippen LogP contribution in [0.5, 0.6) is 5.75 Å². The molecule has 0 aliphatic carbocycles. The van der Waals surface area contributed by atoms with Gasteiger partial charge in [-0.25, -0.2) is 0 Å². The molecule has 0 radical (unpaired) electrons. The molecule has 230 valence electrons. The minimum atomic E-state index is -0.316. The maximum atomic E-state index is 13.0. The van der Waals surface area contributed by atoms with Crippen LogP contribution in [0, 0.1) is 11.8 Å². The van der Waals surface area contributed by atoms with Gasteiger partial charge in [0.1, 0.15) is 5.75 Å². The number of para-hydroxylation sites is 2. The molecule has 3 amide bonds. The van der Waals surface area contributed by atoms with Crippen LogP contribution in [0.15, 0.2) is 72.8 Å². The fourth-order valence-electron chi connectivity index (χ4n) is 4.75. The van der Waals surface area contributed by atoms with Gasteiger partial charge >= 0.3 is 0 Å². The standard InChI is InChI=1S/C35H40N4O5/c1-38-21-23-39(24-22-38)33(41)16-3-2-10-26-44-32-15-7-6-14-31(32)37-34(42)28-17-19-29(20-18-28)36-35(43)30-13-5-4-11-27(30)12-8-9-25-40/h4-7,11,13-15,17-20,40H,2-3,9-10,16,21-26H2,1H3,(H,36,43)(H,37,42). The van der Waals surface area contributed by atoms with Gasteiger partial charge in [-0.2, -0.15) is 0 Å². The Labute approximate surface area is 259 Å². The number of nitrogens with zero attached hydrogens (tertiary/aromatic N) is 2. The van der Waals surface area contributed by atoms with Crippen molar-refractivity contribution < 1.29 is 24.2 Å². The highest BCUT2D eigenvalue weighted by atomic mass is 16.5. The van der Waals surface area contributed by atoms with E-state index in [0.29, 0.717) is 53.3 Å². The zero-order valence-corrected chi connectivity index (χ0v) is 25.2. The summed E-state index contributed by atoms with van der Waals surface area (Å²) in [6.07, 6.45) is 3.42. The predicted octanol–water partition coefficient (Wildman–Crippen LogP) is 4.64. The van der Waals surface area contributed by atoms with Crippen molar-refractivity contribution >= 4 is 29.1 Å². The summed E-state index contributed by atoms with van der Waals surface area (Å²) >= 11 is 0. The van der Waals surface area contributed by atoms with E-state index < -0.39 is 0 Å². The number of carbonyl (C=O) groups is 3. The molecule has 3 aromatic rings. The molecule has 1 aliphatic heterocycles. The quantitative estimate of drug-likeness (QED) is 0.208. The maximum absolute atomic E-state index is 13.0. The largest absolute Gasteiger partial charge is 0.491 e. The van der Waals surface area contributed by atoms with E-state index in [4.69, 9.17) is 9.84 Å². The van der Waals surface area contributed by atoms with Crippen molar-refractivity contribution in [3.8, 4) is 17.6 Å². The molecule has 3 aromatic carbocycles. The van der Waals surface area contributed by atoms with Crippen LogP contribution in [0.3, 0.4) is 0 Å². The number of aliphatic hydroxyl groups excluding tert-OH is 1. The van der Waals surface area contributed by atoms with Crippen LogP contribution in [0.4, 0.5) is 11.4 Å².